The Hall–Kier alpha value is -1.86. The number of hydrogen-bond donors (Lipinski definition) is 2. The van der Waals surface area contributed by atoms with E-state index in [9.17, 15) is 9.18 Å². The molecule has 0 saturated carbocycles. The lowest BCUT2D eigenvalue weighted by Gasteiger charge is -2.06. The fourth-order valence-electron chi connectivity index (χ4n) is 1.42. The molecule has 0 atom stereocenters. The summed E-state index contributed by atoms with van der Waals surface area (Å²) in [5, 5.41) is 11.3. The number of amides is 1. The van der Waals surface area contributed by atoms with Crippen LogP contribution in [0.5, 0.6) is 0 Å². The van der Waals surface area contributed by atoms with Gasteiger partial charge in [0, 0.05) is 12.1 Å². The Morgan fingerprint density at radius 2 is 2.28 bits per heavy atom. The normalized spacial score (nSPS) is 9.50. The van der Waals surface area contributed by atoms with E-state index < -0.39 is 5.82 Å². The molecular formula is C14H16FNO2. The van der Waals surface area contributed by atoms with Gasteiger partial charge in [0.2, 0.25) is 0 Å². The number of benzene rings is 1. The monoisotopic (exact) mass is 249 g/mol. The average Bonchev–Trinajstić information content (AvgIpc) is 2.37. The van der Waals surface area contributed by atoms with Crippen LogP contribution < -0.4 is 5.32 Å². The number of unbranched alkanes of at least 4 members (excludes halogenated alkanes) is 1. The summed E-state index contributed by atoms with van der Waals surface area (Å²) < 4.78 is 13.1. The molecule has 1 amide bonds. The second kappa shape index (κ2) is 7.46. The third-order valence-corrected chi connectivity index (χ3v) is 2.34. The maximum atomic E-state index is 13.1. The Morgan fingerprint density at radius 1 is 1.50 bits per heavy atom. The smallest absolute Gasteiger partial charge is 0.252 e. The van der Waals surface area contributed by atoms with Gasteiger partial charge in [0.1, 0.15) is 12.4 Å². The molecule has 0 bridgehead atoms. The highest BCUT2D eigenvalue weighted by Crippen LogP contribution is 2.10. The highest BCUT2D eigenvalue weighted by atomic mass is 19.1. The lowest BCUT2D eigenvalue weighted by atomic mass is 10.1. The van der Waals surface area contributed by atoms with Gasteiger partial charge in [-0.1, -0.05) is 25.2 Å². The van der Waals surface area contributed by atoms with Crippen molar-refractivity contribution in [1.82, 2.24) is 5.32 Å². The molecule has 1 aromatic rings. The molecule has 18 heavy (non-hydrogen) atoms. The largest absolute Gasteiger partial charge is 0.384 e. The van der Waals surface area contributed by atoms with Crippen LogP contribution in [0.3, 0.4) is 0 Å². The minimum absolute atomic E-state index is 0.201. The molecule has 0 fully saturated rings. The minimum Gasteiger partial charge on any atom is -0.384 e. The SMILES string of the molecule is CCCCNC(=O)c1cc(F)ccc1C#CCO. The number of carbonyl (C=O) groups excluding carboxylic acids is 1. The van der Waals surface area contributed by atoms with Crippen molar-refractivity contribution in [3.63, 3.8) is 0 Å². The van der Waals surface area contributed by atoms with E-state index in [-0.39, 0.29) is 18.1 Å². The maximum absolute atomic E-state index is 13.1. The number of rotatable bonds is 4. The highest BCUT2D eigenvalue weighted by Gasteiger charge is 2.10. The van der Waals surface area contributed by atoms with Gasteiger partial charge in [-0.15, -0.1) is 0 Å². The van der Waals surface area contributed by atoms with Crippen molar-refractivity contribution in [3.05, 3.63) is 35.1 Å². The third-order valence-electron chi connectivity index (χ3n) is 2.34. The zero-order valence-electron chi connectivity index (χ0n) is 10.3. The molecule has 3 nitrogen and oxygen atoms in total. The van der Waals surface area contributed by atoms with Crippen molar-refractivity contribution in [3.8, 4) is 11.8 Å². The van der Waals surface area contributed by atoms with Crippen molar-refractivity contribution in [2.24, 2.45) is 0 Å². The van der Waals surface area contributed by atoms with Gasteiger partial charge in [0.25, 0.3) is 5.91 Å². The molecule has 0 heterocycles. The number of halogens is 1. The fourth-order valence-corrected chi connectivity index (χ4v) is 1.42. The predicted molar refractivity (Wildman–Crippen MR) is 67.6 cm³/mol. The van der Waals surface area contributed by atoms with Crippen LogP contribution in [0.2, 0.25) is 0 Å². The lowest BCUT2D eigenvalue weighted by Crippen LogP contribution is -2.25. The van der Waals surface area contributed by atoms with Crippen molar-refractivity contribution in [2.75, 3.05) is 13.2 Å². The van der Waals surface area contributed by atoms with Gasteiger partial charge in [-0.05, 0) is 24.6 Å². The quantitative estimate of drug-likeness (QED) is 0.630. The van der Waals surface area contributed by atoms with Crippen molar-refractivity contribution >= 4 is 5.91 Å². The van der Waals surface area contributed by atoms with Crippen molar-refractivity contribution in [1.29, 1.82) is 0 Å². The number of carbonyl (C=O) groups is 1. The van der Waals surface area contributed by atoms with Gasteiger partial charge in [-0.2, -0.15) is 0 Å². The average molecular weight is 249 g/mol. The second-order valence-electron chi connectivity index (χ2n) is 3.76. The lowest BCUT2D eigenvalue weighted by molar-refractivity contribution is 0.0952. The summed E-state index contributed by atoms with van der Waals surface area (Å²) in [5.41, 5.74) is 0.617. The maximum Gasteiger partial charge on any atom is 0.252 e. The third kappa shape index (κ3) is 4.19. The van der Waals surface area contributed by atoms with Gasteiger partial charge in [0.05, 0.1) is 5.56 Å². The molecular weight excluding hydrogens is 233 g/mol. The van der Waals surface area contributed by atoms with Crippen LogP contribution in [0.4, 0.5) is 4.39 Å². The first-order chi connectivity index (χ1) is 8.69. The summed E-state index contributed by atoms with van der Waals surface area (Å²) >= 11 is 0. The van der Waals surface area contributed by atoms with Gasteiger partial charge in [-0.3, -0.25) is 4.79 Å². The summed E-state index contributed by atoms with van der Waals surface area (Å²) in [6, 6.07) is 3.83. The summed E-state index contributed by atoms with van der Waals surface area (Å²) in [5.74, 6) is 4.26. The summed E-state index contributed by atoms with van der Waals surface area (Å²) in [6.45, 7) is 2.28. The first-order valence-corrected chi connectivity index (χ1v) is 5.86. The van der Waals surface area contributed by atoms with Crippen molar-refractivity contribution in [2.45, 2.75) is 19.8 Å². The molecule has 0 aromatic heterocycles. The Labute approximate surface area is 106 Å². The van der Waals surface area contributed by atoms with Crippen LogP contribution in [0.25, 0.3) is 0 Å². The number of nitrogens with one attached hydrogen (secondary N) is 1. The molecule has 1 rings (SSSR count). The van der Waals surface area contributed by atoms with Gasteiger partial charge < -0.3 is 10.4 Å². The fraction of sp³-hybridized carbons (Fsp3) is 0.357. The van der Waals surface area contributed by atoms with Crippen LogP contribution in [0, 0.1) is 17.7 Å². The molecule has 96 valence electrons. The molecule has 2 N–H and O–H groups in total. The summed E-state index contributed by atoms with van der Waals surface area (Å²) in [7, 11) is 0. The Morgan fingerprint density at radius 3 is 2.94 bits per heavy atom. The molecule has 0 unspecified atom stereocenters. The van der Waals surface area contributed by atoms with Gasteiger partial charge in [-0.25, -0.2) is 4.39 Å². The summed E-state index contributed by atoms with van der Waals surface area (Å²) in [6.07, 6.45) is 1.85. The van der Waals surface area contributed by atoms with E-state index in [0.717, 1.165) is 18.9 Å². The van der Waals surface area contributed by atoms with Crippen LogP contribution in [0.15, 0.2) is 18.2 Å². The summed E-state index contributed by atoms with van der Waals surface area (Å²) in [4.78, 5) is 11.8. The van der Waals surface area contributed by atoms with E-state index in [1.165, 1.54) is 12.1 Å². The highest BCUT2D eigenvalue weighted by molar-refractivity contribution is 5.96. The number of aliphatic hydroxyl groups excluding tert-OH is 1. The van der Waals surface area contributed by atoms with Gasteiger partial charge in [0.15, 0.2) is 0 Å². The van der Waals surface area contributed by atoms with E-state index in [4.69, 9.17) is 5.11 Å². The zero-order valence-corrected chi connectivity index (χ0v) is 10.3. The first-order valence-electron chi connectivity index (χ1n) is 5.86. The Balaban J connectivity index is 2.90. The first kappa shape index (κ1) is 14.2. The molecule has 0 radical (unpaired) electrons. The molecule has 0 aliphatic carbocycles. The van der Waals surface area contributed by atoms with Crippen LogP contribution in [-0.2, 0) is 0 Å². The molecule has 0 aliphatic heterocycles. The standard InChI is InChI=1S/C14H16FNO2/c1-2-3-8-16-14(18)13-10-12(15)7-6-11(13)5-4-9-17/h6-7,10,17H,2-3,8-9H2,1H3,(H,16,18). The molecule has 0 saturated heterocycles. The molecule has 4 heteroatoms. The van der Waals surface area contributed by atoms with E-state index in [1.807, 2.05) is 6.92 Å². The Kier molecular flexibility index (Phi) is 5.89. The van der Waals surface area contributed by atoms with Gasteiger partial charge >= 0.3 is 0 Å². The van der Waals surface area contributed by atoms with Crippen LogP contribution >= 0.6 is 0 Å². The van der Waals surface area contributed by atoms with E-state index in [2.05, 4.69) is 17.2 Å². The predicted octanol–water partition coefficient (Wildman–Crippen LogP) is 1.70. The minimum atomic E-state index is -0.481. The zero-order chi connectivity index (χ0) is 13.4. The molecule has 0 spiro atoms. The number of hydrogen-bond acceptors (Lipinski definition) is 2. The van der Waals surface area contributed by atoms with Crippen LogP contribution in [0.1, 0.15) is 35.7 Å². The van der Waals surface area contributed by atoms with Crippen LogP contribution in [-0.4, -0.2) is 24.2 Å². The molecule has 1 aromatic carbocycles. The number of aliphatic hydroxyl groups is 1. The van der Waals surface area contributed by atoms with E-state index >= 15 is 0 Å². The molecule has 0 aliphatic rings. The topological polar surface area (TPSA) is 49.3 Å². The second-order valence-corrected chi connectivity index (χ2v) is 3.76. The Bertz CT molecular complexity index is 474. The van der Waals surface area contributed by atoms with E-state index in [1.54, 1.807) is 0 Å². The van der Waals surface area contributed by atoms with E-state index in [0.29, 0.717) is 12.1 Å². The van der Waals surface area contributed by atoms with Crippen molar-refractivity contribution < 1.29 is 14.3 Å².